The summed E-state index contributed by atoms with van der Waals surface area (Å²) in [7, 11) is 1.49. The maximum atomic E-state index is 10.3. The third-order valence-corrected chi connectivity index (χ3v) is 4.84. The summed E-state index contributed by atoms with van der Waals surface area (Å²) in [6.45, 7) is 1.20. The first-order valence-corrected chi connectivity index (χ1v) is 8.71. The summed E-state index contributed by atoms with van der Waals surface area (Å²) >= 11 is 0. The number of hydrogen-bond acceptors (Lipinski definition) is 10. The van der Waals surface area contributed by atoms with Crippen LogP contribution in [0.2, 0.25) is 0 Å². The summed E-state index contributed by atoms with van der Waals surface area (Å²) in [5.41, 5.74) is 0. The summed E-state index contributed by atoms with van der Waals surface area (Å²) in [6, 6.07) is 0. The Hall–Kier alpha value is -0.400. The van der Waals surface area contributed by atoms with E-state index >= 15 is 0 Å². The molecule has 10 nitrogen and oxygen atoms in total. The average Bonchev–Trinajstić information content (AvgIpc) is 2.63. The van der Waals surface area contributed by atoms with Crippen LogP contribution in [0.4, 0.5) is 0 Å². The molecule has 0 amide bonds. The predicted octanol–water partition coefficient (Wildman–Crippen LogP) is -2.77. The van der Waals surface area contributed by atoms with Gasteiger partial charge in [0.15, 0.2) is 6.29 Å². The van der Waals surface area contributed by atoms with E-state index in [-0.39, 0.29) is 39.1 Å². The lowest BCUT2D eigenvalue weighted by Gasteiger charge is -2.42. The van der Waals surface area contributed by atoms with Gasteiger partial charge in [0, 0.05) is 13.0 Å². The summed E-state index contributed by atoms with van der Waals surface area (Å²) in [5.74, 6) is -0.474. The van der Waals surface area contributed by atoms with Crippen LogP contribution in [0.3, 0.4) is 0 Å². The molecular weight excluding hydrogens is 352 g/mol. The van der Waals surface area contributed by atoms with E-state index in [1.807, 2.05) is 0 Å². The van der Waals surface area contributed by atoms with Gasteiger partial charge in [0.2, 0.25) is 0 Å². The molecule has 154 valence electrons. The molecule has 2 heterocycles. The molecule has 0 bridgehead atoms. The Morgan fingerprint density at radius 2 is 1.42 bits per heavy atom. The predicted molar refractivity (Wildman–Crippen MR) is 86.2 cm³/mol. The minimum absolute atomic E-state index is 0.0522. The zero-order chi connectivity index (χ0) is 19.3. The topological polar surface area (TPSA) is 147 Å². The van der Waals surface area contributed by atoms with Crippen LogP contribution in [0, 0.1) is 5.92 Å². The Labute approximate surface area is 152 Å². The van der Waals surface area contributed by atoms with Crippen molar-refractivity contribution in [3.05, 3.63) is 0 Å². The van der Waals surface area contributed by atoms with Crippen LogP contribution >= 0.6 is 0 Å². The lowest BCUT2D eigenvalue weighted by molar-refractivity contribution is -0.303. The summed E-state index contributed by atoms with van der Waals surface area (Å²) in [5, 5.41) is 48.8. The van der Waals surface area contributed by atoms with Gasteiger partial charge in [-0.2, -0.15) is 0 Å². The second-order valence-electron chi connectivity index (χ2n) is 6.66. The Balaban J connectivity index is 1.83. The normalized spacial score (nSPS) is 44.2. The number of ether oxygens (including phenoxy) is 5. The lowest BCUT2D eigenvalue weighted by atomic mass is 9.88. The van der Waals surface area contributed by atoms with Crippen LogP contribution in [-0.4, -0.2) is 115 Å². The van der Waals surface area contributed by atoms with Crippen LogP contribution in [0.25, 0.3) is 0 Å². The fraction of sp³-hybridized carbons (Fsp3) is 1.00. The number of methoxy groups -OCH3 is 1. The molecule has 0 spiro atoms. The largest absolute Gasteiger partial charge is 0.394 e. The van der Waals surface area contributed by atoms with Crippen molar-refractivity contribution in [2.75, 3.05) is 40.1 Å². The van der Waals surface area contributed by atoms with Crippen molar-refractivity contribution in [2.24, 2.45) is 5.92 Å². The molecule has 5 N–H and O–H groups in total. The monoisotopic (exact) mass is 382 g/mol. The van der Waals surface area contributed by atoms with Gasteiger partial charge in [-0.1, -0.05) is 0 Å². The first-order valence-electron chi connectivity index (χ1n) is 8.71. The molecule has 5 unspecified atom stereocenters. The van der Waals surface area contributed by atoms with E-state index in [4.69, 9.17) is 28.8 Å². The molecule has 0 aromatic rings. The molecular formula is C16H30O10. The van der Waals surface area contributed by atoms with E-state index in [1.54, 1.807) is 6.92 Å². The summed E-state index contributed by atoms with van der Waals surface area (Å²) < 4.78 is 26.9. The van der Waals surface area contributed by atoms with Gasteiger partial charge in [-0.25, -0.2) is 0 Å². The molecule has 0 aliphatic carbocycles. The molecule has 2 saturated heterocycles. The SMILES string of the molecule is COC[C@@H]1OC(C)[C@H](COC[C@@H]2OC(CO)[C@@H](CO)OC2O)C(O)C1O. The van der Waals surface area contributed by atoms with Gasteiger partial charge in [0.25, 0.3) is 0 Å². The first kappa shape index (κ1) is 21.9. The van der Waals surface area contributed by atoms with Crippen molar-refractivity contribution in [3.63, 3.8) is 0 Å². The maximum absolute atomic E-state index is 10.3. The van der Waals surface area contributed by atoms with Gasteiger partial charge in [-0.15, -0.1) is 0 Å². The van der Waals surface area contributed by atoms with Gasteiger partial charge < -0.3 is 49.2 Å². The Morgan fingerprint density at radius 1 is 0.769 bits per heavy atom. The highest BCUT2D eigenvalue weighted by atomic mass is 16.7. The molecule has 2 fully saturated rings. The molecule has 10 heteroatoms. The van der Waals surface area contributed by atoms with Gasteiger partial charge >= 0.3 is 0 Å². The van der Waals surface area contributed by atoms with Gasteiger partial charge in [0.05, 0.1) is 45.2 Å². The number of aliphatic hydroxyl groups excluding tert-OH is 5. The molecule has 0 aromatic carbocycles. The molecule has 2 aliphatic heterocycles. The Morgan fingerprint density at radius 3 is 2.04 bits per heavy atom. The standard InChI is InChI=1S/C16H30O10/c1-8-9(14(19)15(20)12(24-8)6-22-2)5-23-7-13-16(21)26-11(4-18)10(3-17)25-13/h8-21H,3-7H2,1-2H3/t8?,9-,10?,11+,12-,13-,14?,15?,16?/m0/s1. The molecule has 2 rings (SSSR count). The zero-order valence-corrected chi connectivity index (χ0v) is 15.0. The van der Waals surface area contributed by atoms with E-state index in [0.717, 1.165) is 0 Å². The molecule has 2 aliphatic rings. The van der Waals surface area contributed by atoms with Crippen LogP contribution in [-0.2, 0) is 23.7 Å². The highest BCUT2D eigenvalue weighted by Crippen LogP contribution is 2.27. The number of rotatable bonds is 8. The van der Waals surface area contributed by atoms with E-state index in [9.17, 15) is 20.4 Å². The van der Waals surface area contributed by atoms with Gasteiger partial charge in [-0.05, 0) is 6.92 Å². The van der Waals surface area contributed by atoms with E-state index in [2.05, 4.69) is 0 Å². The minimum atomic E-state index is -1.31. The van der Waals surface area contributed by atoms with Crippen LogP contribution in [0.15, 0.2) is 0 Å². The first-order chi connectivity index (χ1) is 12.4. The lowest BCUT2D eigenvalue weighted by Crippen LogP contribution is -2.56. The van der Waals surface area contributed by atoms with Crippen molar-refractivity contribution in [1.82, 2.24) is 0 Å². The van der Waals surface area contributed by atoms with Gasteiger partial charge in [0.1, 0.15) is 30.5 Å². The molecule has 9 atom stereocenters. The third-order valence-electron chi connectivity index (χ3n) is 4.84. The zero-order valence-electron chi connectivity index (χ0n) is 15.0. The Bertz CT molecular complexity index is 410. The fourth-order valence-electron chi connectivity index (χ4n) is 3.24. The molecule has 0 saturated carbocycles. The second kappa shape index (κ2) is 10.2. The average molecular weight is 382 g/mol. The smallest absolute Gasteiger partial charge is 0.183 e. The second-order valence-corrected chi connectivity index (χ2v) is 6.66. The van der Waals surface area contributed by atoms with Crippen LogP contribution in [0.1, 0.15) is 6.92 Å². The quantitative estimate of drug-likeness (QED) is 0.299. The fourth-order valence-corrected chi connectivity index (χ4v) is 3.24. The molecule has 0 radical (unpaired) electrons. The highest BCUT2D eigenvalue weighted by Gasteiger charge is 2.43. The summed E-state index contributed by atoms with van der Waals surface area (Å²) in [4.78, 5) is 0. The maximum Gasteiger partial charge on any atom is 0.183 e. The van der Waals surface area contributed by atoms with Crippen LogP contribution < -0.4 is 0 Å². The number of aliphatic hydroxyl groups is 5. The van der Waals surface area contributed by atoms with Crippen molar-refractivity contribution < 1.29 is 49.2 Å². The van der Waals surface area contributed by atoms with Crippen molar-refractivity contribution in [1.29, 1.82) is 0 Å². The van der Waals surface area contributed by atoms with Crippen LogP contribution in [0.5, 0.6) is 0 Å². The van der Waals surface area contributed by atoms with E-state index < -0.39 is 48.8 Å². The van der Waals surface area contributed by atoms with Crippen molar-refractivity contribution in [2.45, 2.75) is 55.9 Å². The minimum Gasteiger partial charge on any atom is -0.394 e. The molecule has 0 aromatic heterocycles. The van der Waals surface area contributed by atoms with Crippen molar-refractivity contribution in [3.8, 4) is 0 Å². The van der Waals surface area contributed by atoms with E-state index in [1.165, 1.54) is 7.11 Å². The Kier molecular flexibility index (Phi) is 8.61. The summed E-state index contributed by atoms with van der Waals surface area (Å²) in [6.07, 6.45) is -6.86. The third kappa shape index (κ3) is 5.10. The molecule has 26 heavy (non-hydrogen) atoms. The van der Waals surface area contributed by atoms with E-state index in [0.29, 0.717) is 0 Å². The highest BCUT2D eigenvalue weighted by molar-refractivity contribution is 4.90. The van der Waals surface area contributed by atoms with Gasteiger partial charge in [-0.3, -0.25) is 0 Å². The number of hydrogen-bond donors (Lipinski definition) is 5. The van der Waals surface area contributed by atoms with Crippen molar-refractivity contribution >= 4 is 0 Å².